The summed E-state index contributed by atoms with van der Waals surface area (Å²) in [5, 5.41) is 7.73. The van der Waals surface area contributed by atoms with Gasteiger partial charge in [-0.05, 0) is 42.8 Å². The molecule has 10 nitrogen and oxygen atoms in total. The number of anilines is 2. The average molecular weight is 493 g/mol. The molecule has 0 radical (unpaired) electrons. The van der Waals surface area contributed by atoms with E-state index in [9.17, 15) is 8.42 Å². The number of hydrogen-bond acceptors (Lipinski definition) is 7. The molecule has 4 aromatic rings. The normalized spacial score (nSPS) is 14.5. The van der Waals surface area contributed by atoms with Crippen molar-refractivity contribution in [2.24, 2.45) is 7.05 Å². The first kappa shape index (κ1) is 23.2. The van der Waals surface area contributed by atoms with Crippen LogP contribution in [-0.2, 0) is 17.1 Å². The van der Waals surface area contributed by atoms with Crippen LogP contribution in [0.1, 0.15) is 12.1 Å². The predicted octanol–water partition coefficient (Wildman–Crippen LogP) is 2.52. The van der Waals surface area contributed by atoms with Crippen molar-refractivity contribution >= 4 is 32.7 Å². The number of aromatic nitrogens is 5. The van der Waals surface area contributed by atoms with Gasteiger partial charge in [-0.25, -0.2) is 22.7 Å². The Morgan fingerprint density at radius 2 is 1.83 bits per heavy atom. The number of benzene rings is 1. The van der Waals surface area contributed by atoms with Crippen LogP contribution in [0.25, 0.3) is 22.5 Å². The highest BCUT2D eigenvalue weighted by Crippen LogP contribution is 2.31. The Morgan fingerprint density at radius 1 is 1.06 bits per heavy atom. The summed E-state index contributed by atoms with van der Waals surface area (Å²) >= 11 is 0. The molecule has 11 heteroatoms. The zero-order chi connectivity index (χ0) is 24.7. The SMILES string of the molecule is CN(c1ccc(S(=O)(=O)N(C)C)cc1)c1nc(C2=CCCNC2)cn2c(-c3cnn(C)c3)cnc12. The fourth-order valence-electron chi connectivity index (χ4n) is 4.13. The molecule has 0 bridgehead atoms. The van der Waals surface area contributed by atoms with E-state index in [0.717, 1.165) is 47.7 Å². The smallest absolute Gasteiger partial charge is 0.242 e. The zero-order valence-electron chi connectivity index (χ0n) is 20.2. The Labute approximate surface area is 204 Å². The Morgan fingerprint density at radius 3 is 2.46 bits per heavy atom. The molecule has 0 saturated carbocycles. The lowest BCUT2D eigenvalue weighted by molar-refractivity contribution is 0.521. The molecule has 1 aromatic carbocycles. The number of nitrogens with one attached hydrogen (secondary N) is 1. The fourth-order valence-corrected chi connectivity index (χ4v) is 5.03. The van der Waals surface area contributed by atoms with Gasteiger partial charge in [0.05, 0.1) is 28.7 Å². The van der Waals surface area contributed by atoms with Gasteiger partial charge in [0.1, 0.15) is 0 Å². The second-order valence-electron chi connectivity index (χ2n) is 8.72. The molecule has 3 aromatic heterocycles. The second-order valence-corrected chi connectivity index (χ2v) is 10.9. The topological polar surface area (TPSA) is 101 Å². The molecule has 0 saturated heterocycles. The van der Waals surface area contributed by atoms with Crippen LogP contribution in [0, 0.1) is 0 Å². The lowest BCUT2D eigenvalue weighted by Gasteiger charge is -2.22. The summed E-state index contributed by atoms with van der Waals surface area (Å²) < 4.78 is 30.0. The predicted molar refractivity (Wildman–Crippen MR) is 136 cm³/mol. The maximum atomic E-state index is 12.5. The van der Waals surface area contributed by atoms with Gasteiger partial charge in [0.25, 0.3) is 0 Å². The molecular formula is C24H28N8O2S. The van der Waals surface area contributed by atoms with Crippen molar-refractivity contribution in [3.8, 4) is 11.3 Å². The van der Waals surface area contributed by atoms with Crippen LogP contribution in [-0.4, -0.2) is 71.1 Å². The summed E-state index contributed by atoms with van der Waals surface area (Å²) in [6.07, 6.45) is 10.8. The van der Waals surface area contributed by atoms with E-state index in [1.165, 1.54) is 18.4 Å². The minimum atomic E-state index is -3.50. The van der Waals surface area contributed by atoms with Crippen LogP contribution >= 0.6 is 0 Å². The van der Waals surface area contributed by atoms with Gasteiger partial charge in [0, 0.05) is 58.4 Å². The maximum absolute atomic E-state index is 12.5. The highest BCUT2D eigenvalue weighted by molar-refractivity contribution is 7.89. The van der Waals surface area contributed by atoms with Crippen molar-refractivity contribution in [3.63, 3.8) is 0 Å². The summed E-state index contributed by atoms with van der Waals surface area (Å²) in [7, 11) is 3.34. The largest absolute Gasteiger partial charge is 0.326 e. The Kier molecular flexibility index (Phi) is 5.91. The van der Waals surface area contributed by atoms with Gasteiger partial charge in [-0.2, -0.15) is 5.10 Å². The molecule has 0 fully saturated rings. The highest BCUT2D eigenvalue weighted by Gasteiger charge is 2.21. The Balaban J connectivity index is 1.63. The lowest BCUT2D eigenvalue weighted by atomic mass is 10.1. The third-order valence-corrected chi connectivity index (χ3v) is 7.98. The number of sulfonamides is 1. The van der Waals surface area contributed by atoms with Crippen molar-refractivity contribution in [2.75, 3.05) is 39.1 Å². The summed E-state index contributed by atoms with van der Waals surface area (Å²) in [6, 6.07) is 6.80. The number of rotatable bonds is 6. The average Bonchev–Trinajstić information content (AvgIpc) is 3.49. The maximum Gasteiger partial charge on any atom is 0.242 e. The molecule has 0 atom stereocenters. The summed E-state index contributed by atoms with van der Waals surface area (Å²) in [6.45, 7) is 1.70. The molecular weight excluding hydrogens is 464 g/mol. The van der Waals surface area contributed by atoms with Gasteiger partial charge >= 0.3 is 0 Å². The van der Waals surface area contributed by atoms with E-state index in [0.29, 0.717) is 11.5 Å². The van der Waals surface area contributed by atoms with Crippen molar-refractivity contribution in [2.45, 2.75) is 11.3 Å². The van der Waals surface area contributed by atoms with Gasteiger partial charge in [0.15, 0.2) is 11.5 Å². The van der Waals surface area contributed by atoms with Gasteiger partial charge in [-0.15, -0.1) is 0 Å². The monoisotopic (exact) mass is 492 g/mol. The third-order valence-electron chi connectivity index (χ3n) is 6.15. The van der Waals surface area contributed by atoms with Crippen molar-refractivity contribution in [3.05, 3.63) is 60.8 Å². The first-order valence-corrected chi connectivity index (χ1v) is 12.7. The van der Waals surface area contributed by atoms with Gasteiger partial charge in [0.2, 0.25) is 10.0 Å². The standard InChI is InChI=1S/C24H28N8O2S/c1-29(2)35(33,34)20-9-7-19(8-10-20)31(4)24-23-26-14-22(18-13-27-30(3)15-18)32(23)16-21(28-24)17-6-5-11-25-12-17/h6-10,13-16,25H,5,11-12H2,1-4H3. The quantitative estimate of drug-likeness (QED) is 0.441. The number of nitrogens with zero attached hydrogens (tertiary/aromatic N) is 7. The zero-order valence-corrected chi connectivity index (χ0v) is 21.0. The van der Waals surface area contributed by atoms with Crippen LogP contribution in [0.2, 0.25) is 0 Å². The van der Waals surface area contributed by atoms with E-state index < -0.39 is 10.0 Å². The molecule has 1 N–H and O–H groups in total. The van der Waals surface area contributed by atoms with E-state index in [1.807, 2.05) is 48.2 Å². The fraction of sp³-hybridized carbons (Fsp3) is 0.292. The van der Waals surface area contributed by atoms with E-state index in [-0.39, 0.29) is 4.90 Å². The molecule has 182 valence electrons. The number of imidazole rings is 1. The molecule has 1 aliphatic heterocycles. The van der Waals surface area contributed by atoms with E-state index in [1.54, 1.807) is 28.9 Å². The van der Waals surface area contributed by atoms with Gasteiger partial charge < -0.3 is 10.2 Å². The van der Waals surface area contributed by atoms with Crippen LogP contribution in [0.3, 0.4) is 0 Å². The molecule has 5 rings (SSSR count). The molecule has 35 heavy (non-hydrogen) atoms. The minimum absolute atomic E-state index is 0.240. The second kappa shape index (κ2) is 8.91. The highest BCUT2D eigenvalue weighted by atomic mass is 32.2. The van der Waals surface area contributed by atoms with Gasteiger partial charge in [-0.1, -0.05) is 6.08 Å². The molecule has 0 aliphatic carbocycles. The molecule has 0 unspecified atom stereocenters. The summed E-state index contributed by atoms with van der Waals surface area (Å²) in [5.74, 6) is 0.673. The molecule has 0 spiro atoms. The Bertz CT molecular complexity index is 1520. The van der Waals surface area contributed by atoms with Crippen molar-refractivity contribution in [1.82, 2.24) is 33.8 Å². The minimum Gasteiger partial charge on any atom is -0.326 e. The van der Waals surface area contributed by atoms with E-state index in [2.05, 4.69) is 16.5 Å². The third kappa shape index (κ3) is 4.22. The van der Waals surface area contributed by atoms with Crippen molar-refractivity contribution < 1.29 is 8.42 Å². The number of aryl methyl sites for hydroxylation is 1. The Hall–Kier alpha value is -3.54. The number of fused-ring (bicyclic) bond motifs is 1. The van der Waals surface area contributed by atoms with Crippen LogP contribution in [0.5, 0.6) is 0 Å². The molecule has 4 heterocycles. The first-order chi connectivity index (χ1) is 16.8. The van der Waals surface area contributed by atoms with E-state index in [4.69, 9.17) is 9.97 Å². The summed E-state index contributed by atoms with van der Waals surface area (Å²) in [5.41, 5.74) is 5.37. The van der Waals surface area contributed by atoms with Crippen LogP contribution < -0.4 is 10.2 Å². The van der Waals surface area contributed by atoms with E-state index >= 15 is 0 Å². The van der Waals surface area contributed by atoms with Gasteiger partial charge in [-0.3, -0.25) is 9.08 Å². The molecule has 0 amide bonds. The number of hydrogen-bond donors (Lipinski definition) is 1. The first-order valence-electron chi connectivity index (χ1n) is 11.3. The lowest BCUT2D eigenvalue weighted by Crippen LogP contribution is -2.23. The summed E-state index contributed by atoms with van der Waals surface area (Å²) in [4.78, 5) is 11.9. The van der Waals surface area contributed by atoms with Crippen molar-refractivity contribution in [1.29, 1.82) is 0 Å². The van der Waals surface area contributed by atoms with Crippen LogP contribution in [0.4, 0.5) is 11.5 Å². The van der Waals surface area contributed by atoms with Crippen LogP contribution in [0.15, 0.2) is 60.0 Å². The molecule has 1 aliphatic rings.